The first-order valence-corrected chi connectivity index (χ1v) is 8.27. The molecule has 23 heavy (non-hydrogen) atoms. The standard InChI is InChI=1S/C19H27NO3/c1-13(2)20(16-8-9-16)19(21)11-7-15-6-10-17(23-14(3)4)18(12-15)22-5/h6-7,10-14,16H,8-9H2,1-5H3/b11-7-. The van der Waals surface area contributed by atoms with E-state index < -0.39 is 0 Å². The van der Waals surface area contributed by atoms with Crippen LogP contribution in [-0.2, 0) is 4.79 Å². The van der Waals surface area contributed by atoms with Gasteiger partial charge in [-0.1, -0.05) is 6.07 Å². The minimum absolute atomic E-state index is 0.0731. The van der Waals surface area contributed by atoms with Crippen molar-refractivity contribution in [2.45, 2.75) is 58.7 Å². The van der Waals surface area contributed by atoms with Gasteiger partial charge in [-0.15, -0.1) is 0 Å². The van der Waals surface area contributed by atoms with Gasteiger partial charge >= 0.3 is 0 Å². The van der Waals surface area contributed by atoms with E-state index in [1.807, 2.05) is 43.0 Å². The smallest absolute Gasteiger partial charge is 0.247 e. The van der Waals surface area contributed by atoms with Crippen molar-refractivity contribution in [1.82, 2.24) is 4.90 Å². The topological polar surface area (TPSA) is 38.8 Å². The van der Waals surface area contributed by atoms with Crippen molar-refractivity contribution in [2.75, 3.05) is 7.11 Å². The summed E-state index contributed by atoms with van der Waals surface area (Å²) in [4.78, 5) is 14.4. The molecule has 1 aliphatic carbocycles. The summed E-state index contributed by atoms with van der Waals surface area (Å²) in [6.45, 7) is 8.07. The third-order valence-electron chi connectivity index (χ3n) is 3.72. The molecule has 1 aromatic carbocycles. The average molecular weight is 317 g/mol. The Morgan fingerprint density at radius 2 is 1.91 bits per heavy atom. The van der Waals surface area contributed by atoms with Crippen LogP contribution in [0.15, 0.2) is 24.3 Å². The number of amides is 1. The third-order valence-corrected chi connectivity index (χ3v) is 3.72. The number of carbonyl (C=O) groups excluding carboxylic acids is 1. The zero-order valence-corrected chi connectivity index (χ0v) is 14.7. The van der Waals surface area contributed by atoms with Crippen LogP contribution < -0.4 is 9.47 Å². The maximum absolute atomic E-state index is 12.4. The molecule has 1 aliphatic rings. The quantitative estimate of drug-likeness (QED) is 0.716. The molecule has 0 aromatic heterocycles. The molecule has 0 aliphatic heterocycles. The fraction of sp³-hybridized carbons (Fsp3) is 0.526. The predicted octanol–water partition coefficient (Wildman–Crippen LogP) is 3.90. The van der Waals surface area contributed by atoms with Crippen LogP contribution in [0.5, 0.6) is 11.5 Å². The van der Waals surface area contributed by atoms with Crippen LogP contribution in [0.25, 0.3) is 6.08 Å². The molecule has 4 heteroatoms. The van der Waals surface area contributed by atoms with Crippen molar-refractivity contribution in [3.05, 3.63) is 29.8 Å². The number of methoxy groups -OCH3 is 1. The van der Waals surface area contributed by atoms with Crippen LogP contribution in [-0.4, -0.2) is 36.1 Å². The van der Waals surface area contributed by atoms with Crippen LogP contribution in [0.1, 0.15) is 46.1 Å². The SMILES string of the molecule is COc1cc(/C=C\C(=O)N(C(C)C)C2CC2)ccc1OC(C)C. The van der Waals surface area contributed by atoms with E-state index in [9.17, 15) is 4.79 Å². The lowest BCUT2D eigenvalue weighted by atomic mass is 10.1. The largest absolute Gasteiger partial charge is 0.493 e. The fourth-order valence-electron chi connectivity index (χ4n) is 2.60. The normalized spacial score (nSPS) is 14.6. The van der Waals surface area contributed by atoms with Gasteiger partial charge in [-0.2, -0.15) is 0 Å². The van der Waals surface area contributed by atoms with Gasteiger partial charge in [0, 0.05) is 18.2 Å². The highest BCUT2D eigenvalue weighted by Crippen LogP contribution is 2.30. The molecule has 0 radical (unpaired) electrons. The minimum atomic E-state index is 0.0731. The number of hydrogen-bond acceptors (Lipinski definition) is 3. The molecule has 1 fully saturated rings. The Morgan fingerprint density at radius 1 is 1.22 bits per heavy atom. The second kappa shape index (κ2) is 7.53. The van der Waals surface area contributed by atoms with Crippen LogP contribution in [0.2, 0.25) is 0 Å². The van der Waals surface area contributed by atoms with Crippen molar-refractivity contribution in [1.29, 1.82) is 0 Å². The summed E-state index contributed by atoms with van der Waals surface area (Å²) in [6, 6.07) is 6.35. The Morgan fingerprint density at radius 3 is 2.43 bits per heavy atom. The van der Waals surface area contributed by atoms with Gasteiger partial charge in [0.05, 0.1) is 13.2 Å². The van der Waals surface area contributed by atoms with Crippen molar-refractivity contribution in [3.8, 4) is 11.5 Å². The zero-order valence-electron chi connectivity index (χ0n) is 14.7. The molecular weight excluding hydrogens is 290 g/mol. The molecule has 0 heterocycles. The van der Waals surface area contributed by atoms with E-state index in [2.05, 4.69) is 13.8 Å². The first kappa shape index (κ1) is 17.4. The zero-order chi connectivity index (χ0) is 17.0. The molecule has 0 N–H and O–H groups in total. The van der Waals surface area contributed by atoms with Crippen molar-refractivity contribution in [2.24, 2.45) is 0 Å². The van der Waals surface area contributed by atoms with Crippen molar-refractivity contribution >= 4 is 12.0 Å². The minimum Gasteiger partial charge on any atom is -0.493 e. The summed E-state index contributed by atoms with van der Waals surface area (Å²) >= 11 is 0. The van der Waals surface area contributed by atoms with Crippen molar-refractivity contribution in [3.63, 3.8) is 0 Å². The van der Waals surface area contributed by atoms with Gasteiger partial charge in [-0.3, -0.25) is 4.79 Å². The number of ether oxygens (including phenoxy) is 2. The number of benzene rings is 1. The molecule has 0 bridgehead atoms. The van der Waals surface area contributed by atoms with Gasteiger partial charge in [0.1, 0.15) is 0 Å². The monoisotopic (exact) mass is 317 g/mol. The molecule has 1 amide bonds. The second-order valence-electron chi connectivity index (χ2n) is 6.48. The van der Waals surface area contributed by atoms with Crippen LogP contribution >= 0.6 is 0 Å². The summed E-state index contributed by atoms with van der Waals surface area (Å²) in [6.07, 6.45) is 5.81. The highest BCUT2D eigenvalue weighted by Gasteiger charge is 2.33. The third kappa shape index (κ3) is 4.75. The van der Waals surface area contributed by atoms with Gasteiger partial charge in [-0.25, -0.2) is 0 Å². The van der Waals surface area contributed by atoms with Crippen LogP contribution in [0.4, 0.5) is 0 Å². The van der Waals surface area contributed by atoms with E-state index in [1.165, 1.54) is 0 Å². The first-order chi connectivity index (χ1) is 10.9. The molecule has 1 aromatic rings. The Bertz CT molecular complexity index is 572. The highest BCUT2D eigenvalue weighted by molar-refractivity contribution is 5.92. The Balaban J connectivity index is 2.11. The molecule has 0 saturated heterocycles. The summed E-state index contributed by atoms with van der Waals surface area (Å²) in [7, 11) is 1.62. The Hall–Kier alpha value is -1.97. The van der Waals surface area contributed by atoms with E-state index in [4.69, 9.17) is 9.47 Å². The Labute approximate surface area is 139 Å². The number of hydrogen-bond donors (Lipinski definition) is 0. The number of carbonyl (C=O) groups is 1. The van der Waals surface area contributed by atoms with E-state index in [0.717, 1.165) is 18.4 Å². The van der Waals surface area contributed by atoms with Crippen LogP contribution in [0.3, 0.4) is 0 Å². The maximum Gasteiger partial charge on any atom is 0.247 e. The van der Waals surface area contributed by atoms with Crippen LogP contribution in [0, 0.1) is 0 Å². The molecule has 1 saturated carbocycles. The summed E-state index contributed by atoms with van der Waals surface area (Å²) in [5.41, 5.74) is 0.922. The molecule has 0 unspecified atom stereocenters. The first-order valence-electron chi connectivity index (χ1n) is 8.27. The van der Waals surface area contributed by atoms with E-state index in [1.54, 1.807) is 13.2 Å². The predicted molar refractivity (Wildman–Crippen MR) is 92.8 cm³/mol. The molecular formula is C19H27NO3. The number of rotatable bonds is 7. The molecule has 126 valence electrons. The molecule has 4 nitrogen and oxygen atoms in total. The van der Waals surface area contributed by atoms with Gasteiger partial charge in [0.2, 0.25) is 5.91 Å². The lowest BCUT2D eigenvalue weighted by Crippen LogP contribution is -2.37. The maximum atomic E-state index is 12.4. The van der Waals surface area contributed by atoms with Gasteiger partial charge in [-0.05, 0) is 64.3 Å². The second-order valence-corrected chi connectivity index (χ2v) is 6.48. The molecule has 2 rings (SSSR count). The van der Waals surface area contributed by atoms with E-state index in [0.29, 0.717) is 17.5 Å². The molecule has 0 spiro atoms. The summed E-state index contributed by atoms with van der Waals surface area (Å²) in [5, 5.41) is 0. The number of nitrogens with zero attached hydrogens (tertiary/aromatic N) is 1. The van der Waals surface area contributed by atoms with Crippen molar-refractivity contribution < 1.29 is 14.3 Å². The highest BCUT2D eigenvalue weighted by atomic mass is 16.5. The van der Waals surface area contributed by atoms with Gasteiger partial charge in [0.25, 0.3) is 0 Å². The van der Waals surface area contributed by atoms with E-state index in [-0.39, 0.29) is 18.1 Å². The lowest BCUT2D eigenvalue weighted by molar-refractivity contribution is -0.128. The fourth-order valence-corrected chi connectivity index (χ4v) is 2.60. The summed E-state index contributed by atoms with van der Waals surface area (Å²) < 4.78 is 11.1. The molecule has 0 atom stereocenters. The average Bonchev–Trinajstić information content (AvgIpc) is 3.30. The Kier molecular flexibility index (Phi) is 5.69. The van der Waals surface area contributed by atoms with Gasteiger partial charge in [0.15, 0.2) is 11.5 Å². The van der Waals surface area contributed by atoms with E-state index >= 15 is 0 Å². The summed E-state index contributed by atoms with van der Waals surface area (Å²) in [5.74, 6) is 1.47. The lowest BCUT2D eigenvalue weighted by Gasteiger charge is -2.25. The van der Waals surface area contributed by atoms with Gasteiger partial charge < -0.3 is 14.4 Å².